The Morgan fingerprint density at radius 3 is 2.59 bits per heavy atom. The summed E-state index contributed by atoms with van der Waals surface area (Å²) >= 11 is 7.30. The molecule has 0 bridgehead atoms. The molecule has 1 aromatic carbocycles. The Kier molecular flexibility index (Phi) is 5.36. The zero-order valence-corrected chi connectivity index (χ0v) is 16.9. The number of halogens is 1. The van der Waals surface area contributed by atoms with Crippen LogP contribution in [0.1, 0.15) is 25.7 Å². The van der Waals surface area contributed by atoms with Crippen LogP contribution >= 0.6 is 22.9 Å². The van der Waals surface area contributed by atoms with Crippen molar-refractivity contribution in [2.75, 3.05) is 5.32 Å². The SMILES string of the molecule is O=S(=O)(NC1CCC(Nc2ccnc3cc(Cl)ccc23)CC1)c1cccs1. The van der Waals surface area contributed by atoms with Crippen molar-refractivity contribution < 1.29 is 8.42 Å². The van der Waals surface area contributed by atoms with Gasteiger partial charge in [0.2, 0.25) is 10.0 Å². The van der Waals surface area contributed by atoms with Crippen LogP contribution in [0.3, 0.4) is 0 Å². The largest absolute Gasteiger partial charge is 0.382 e. The Bertz CT molecular complexity index is 1030. The highest BCUT2D eigenvalue weighted by atomic mass is 35.5. The van der Waals surface area contributed by atoms with Gasteiger partial charge in [0.05, 0.1) is 5.52 Å². The molecule has 5 nitrogen and oxygen atoms in total. The molecular weight excluding hydrogens is 402 g/mol. The van der Waals surface area contributed by atoms with Crippen molar-refractivity contribution in [3.05, 3.63) is 53.0 Å². The monoisotopic (exact) mass is 421 g/mol. The van der Waals surface area contributed by atoms with Crippen molar-refractivity contribution in [2.45, 2.75) is 42.0 Å². The van der Waals surface area contributed by atoms with Gasteiger partial charge in [0.25, 0.3) is 0 Å². The molecule has 142 valence electrons. The summed E-state index contributed by atoms with van der Waals surface area (Å²) in [7, 11) is -3.40. The Morgan fingerprint density at radius 1 is 1.07 bits per heavy atom. The van der Waals surface area contributed by atoms with Crippen LogP contribution in [0.4, 0.5) is 5.69 Å². The lowest BCUT2D eigenvalue weighted by Gasteiger charge is -2.30. The van der Waals surface area contributed by atoms with E-state index in [0.717, 1.165) is 42.3 Å². The molecule has 4 rings (SSSR count). The molecule has 0 saturated heterocycles. The molecule has 2 aromatic heterocycles. The summed E-state index contributed by atoms with van der Waals surface area (Å²) in [6.07, 6.45) is 5.24. The number of sulfonamides is 1. The number of rotatable bonds is 5. The van der Waals surface area contributed by atoms with Crippen molar-refractivity contribution in [2.24, 2.45) is 0 Å². The normalized spacial score (nSPS) is 20.6. The van der Waals surface area contributed by atoms with Crippen molar-refractivity contribution in [1.29, 1.82) is 0 Å². The zero-order valence-electron chi connectivity index (χ0n) is 14.6. The van der Waals surface area contributed by atoms with Crippen molar-refractivity contribution in [3.8, 4) is 0 Å². The van der Waals surface area contributed by atoms with E-state index in [1.165, 1.54) is 11.3 Å². The molecule has 1 aliphatic rings. The van der Waals surface area contributed by atoms with Crippen LogP contribution in [0.25, 0.3) is 10.9 Å². The van der Waals surface area contributed by atoms with Gasteiger partial charge in [-0.15, -0.1) is 11.3 Å². The van der Waals surface area contributed by atoms with Gasteiger partial charge in [0.1, 0.15) is 4.21 Å². The summed E-state index contributed by atoms with van der Waals surface area (Å²) in [6.45, 7) is 0. The minimum Gasteiger partial charge on any atom is -0.382 e. The third-order valence-electron chi connectivity index (χ3n) is 4.87. The molecule has 3 aromatic rings. The van der Waals surface area contributed by atoms with Crippen LogP contribution in [-0.4, -0.2) is 25.5 Å². The molecule has 0 aliphatic heterocycles. The average Bonchev–Trinajstić information content (AvgIpc) is 3.19. The van der Waals surface area contributed by atoms with Gasteiger partial charge in [0.15, 0.2) is 0 Å². The van der Waals surface area contributed by atoms with E-state index in [4.69, 9.17) is 11.6 Å². The first-order chi connectivity index (χ1) is 13.0. The van der Waals surface area contributed by atoms with Crippen LogP contribution < -0.4 is 10.0 Å². The lowest BCUT2D eigenvalue weighted by atomic mass is 9.91. The number of anilines is 1. The summed E-state index contributed by atoms with van der Waals surface area (Å²) in [5.74, 6) is 0. The quantitative estimate of drug-likeness (QED) is 0.628. The van der Waals surface area contributed by atoms with Gasteiger partial charge in [-0.2, -0.15) is 0 Å². The molecule has 0 spiro atoms. The number of thiophene rings is 1. The molecule has 2 N–H and O–H groups in total. The molecule has 1 fully saturated rings. The van der Waals surface area contributed by atoms with Gasteiger partial charge in [-0.3, -0.25) is 4.98 Å². The minimum absolute atomic E-state index is 0.0110. The summed E-state index contributed by atoms with van der Waals surface area (Å²) in [4.78, 5) is 4.37. The fourth-order valence-corrected chi connectivity index (χ4v) is 6.00. The Hall–Kier alpha value is -1.67. The third-order valence-corrected chi connectivity index (χ3v) is 8.03. The smallest absolute Gasteiger partial charge is 0.250 e. The van der Waals surface area contributed by atoms with Crippen molar-refractivity contribution in [3.63, 3.8) is 0 Å². The van der Waals surface area contributed by atoms with E-state index >= 15 is 0 Å². The molecule has 8 heteroatoms. The van der Waals surface area contributed by atoms with Crippen LogP contribution in [0, 0.1) is 0 Å². The highest BCUT2D eigenvalue weighted by Gasteiger charge is 2.26. The third kappa shape index (κ3) is 4.27. The van der Waals surface area contributed by atoms with E-state index in [-0.39, 0.29) is 6.04 Å². The lowest BCUT2D eigenvalue weighted by molar-refractivity contribution is 0.387. The lowest BCUT2D eigenvalue weighted by Crippen LogP contribution is -2.39. The number of nitrogens with one attached hydrogen (secondary N) is 2. The average molecular weight is 422 g/mol. The van der Waals surface area contributed by atoms with Gasteiger partial charge >= 0.3 is 0 Å². The number of fused-ring (bicyclic) bond motifs is 1. The predicted molar refractivity (Wildman–Crippen MR) is 111 cm³/mol. The molecule has 0 amide bonds. The zero-order chi connectivity index (χ0) is 18.9. The van der Waals surface area contributed by atoms with Crippen LogP contribution in [0.5, 0.6) is 0 Å². The number of hydrogen-bond acceptors (Lipinski definition) is 5. The van der Waals surface area contributed by atoms with Gasteiger partial charge in [-0.25, -0.2) is 13.1 Å². The van der Waals surface area contributed by atoms with E-state index < -0.39 is 10.0 Å². The molecule has 0 atom stereocenters. The summed E-state index contributed by atoms with van der Waals surface area (Å²) < 4.78 is 28.0. The molecule has 27 heavy (non-hydrogen) atoms. The number of pyridine rings is 1. The van der Waals surface area contributed by atoms with Gasteiger partial charge in [0, 0.05) is 34.4 Å². The van der Waals surface area contributed by atoms with Gasteiger partial charge in [-0.05, 0) is 61.4 Å². The Morgan fingerprint density at radius 2 is 1.85 bits per heavy atom. The highest BCUT2D eigenvalue weighted by molar-refractivity contribution is 7.91. The van der Waals surface area contributed by atoms with E-state index in [9.17, 15) is 8.42 Å². The molecule has 0 unspecified atom stereocenters. The van der Waals surface area contributed by atoms with Crippen LogP contribution in [0.15, 0.2) is 52.2 Å². The van der Waals surface area contributed by atoms with Crippen LogP contribution in [-0.2, 0) is 10.0 Å². The van der Waals surface area contributed by atoms with Gasteiger partial charge in [-0.1, -0.05) is 17.7 Å². The fraction of sp³-hybridized carbons (Fsp3) is 0.316. The molecular formula is C19H20ClN3O2S2. The molecule has 1 aliphatic carbocycles. The molecule has 1 saturated carbocycles. The minimum atomic E-state index is -3.40. The Labute approximate surface area is 167 Å². The highest BCUT2D eigenvalue weighted by Crippen LogP contribution is 2.29. The second-order valence-corrected chi connectivity index (χ2v) is 10.1. The summed E-state index contributed by atoms with van der Waals surface area (Å²) in [5.41, 5.74) is 1.91. The maximum Gasteiger partial charge on any atom is 0.250 e. The number of aromatic nitrogens is 1. The fourth-order valence-electron chi connectivity index (χ4n) is 3.52. The summed E-state index contributed by atoms with van der Waals surface area (Å²) in [5, 5.41) is 7.09. The second-order valence-electron chi connectivity index (χ2n) is 6.77. The maximum atomic E-state index is 12.4. The Balaban J connectivity index is 1.39. The van der Waals surface area contributed by atoms with Gasteiger partial charge < -0.3 is 5.32 Å². The second kappa shape index (κ2) is 7.75. The van der Waals surface area contributed by atoms with E-state index in [1.54, 1.807) is 23.7 Å². The van der Waals surface area contributed by atoms with E-state index in [0.29, 0.717) is 15.3 Å². The predicted octanol–water partition coefficient (Wildman–Crippen LogP) is 4.65. The number of hydrogen-bond donors (Lipinski definition) is 2. The summed E-state index contributed by atoms with van der Waals surface area (Å²) in [6, 6.07) is 11.4. The van der Waals surface area contributed by atoms with E-state index in [2.05, 4.69) is 15.0 Å². The molecule has 0 radical (unpaired) electrons. The van der Waals surface area contributed by atoms with Crippen molar-refractivity contribution in [1.82, 2.24) is 9.71 Å². The van der Waals surface area contributed by atoms with Crippen molar-refractivity contribution >= 4 is 49.6 Å². The first-order valence-corrected chi connectivity index (χ1v) is 11.6. The maximum absolute atomic E-state index is 12.4. The van der Waals surface area contributed by atoms with Crippen LogP contribution in [0.2, 0.25) is 5.02 Å². The topological polar surface area (TPSA) is 71.1 Å². The number of nitrogens with zero attached hydrogens (tertiary/aromatic N) is 1. The number of benzene rings is 1. The standard InChI is InChI=1S/C19H20ClN3O2S2/c20-13-3-8-16-17(9-10-21-18(16)12-13)22-14-4-6-15(7-5-14)23-27(24,25)19-2-1-11-26-19/h1-3,8-12,14-15,23H,4-7H2,(H,21,22). The van der Waals surface area contributed by atoms with E-state index in [1.807, 2.05) is 24.3 Å². The molecule has 2 heterocycles. The first-order valence-electron chi connectivity index (χ1n) is 8.88. The first kappa shape index (κ1) is 18.7.